The van der Waals surface area contributed by atoms with Gasteiger partial charge in [-0.05, 0) is 97.3 Å². The van der Waals surface area contributed by atoms with E-state index in [0.29, 0.717) is 24.0 Å². The monoisotopic (exact) mass is 527 g/mol. The van der Waals surface area contributed by atoms with E-state index in [0.717, 1.165) is 23.7 Å². The first-order chi connectivity index (χ1) is 18.8. The van der Waals surface area contributed by atoms with Gasteiger partial charge in [0, 0.05) is 0 Å². The lowest BCUT2D eigenvalue weighted by atomic mass is 9.53. The molecule has 0 N–H and O–H groups in total. The van der Waals surface area contributed by atoms with Gasteiger partial charge in [-0.2, -0.15) is 0 Å². The lowest BCUT2D eigenvalue weighted by molar-refractivity contribution is -0.0856. The highest BCUT2D eigenvalue weighted by Gasteiger charge is 2.56. The standard InChI is InChI=1S/C34H42NO2P/c1-5-13-27-23(9-1)19-21-31-33(27)34-28-14-6-2-10-24(28)20-22-32(34)37-38(36-31)35-29-15-7-3-11-25(29)17-18-26-12-4-8-16-30(26)35/h3-4,7-8,11-12,15-18,23-24,27-28,31-34H,1-2,5-6,9-10,13-14,19-22H2. The van der Waals surface area contributed by atoms with Gasteiger partial charge in [-0.3, -0.25) is 4.67 Å². The van der Waals surface area contributed by atoms with Gasteiger partial charge < -0.3 is 9.05 Å². The molecule has 0 spiro atoms. The third-order valence-corrected chi connectivity index (χ3v) is 12.9. The predicted molar refractivity (Wildman–Crippen MR) is 157 cm³/mol. The Balaban J connectivity index is 1.23. The van der Waals surface area contributed by atoms with Crippen molar-refractivity contribution in [3.63, 3.8) is 0 Å². The maximum Gasteiger partial charge on any atom is 0.295 e. The van der Waals surface area contributed by atoms with Gasteiger partial charge in [0.1, 0.15) is 0 Å². The number of anilines is 2. The van der Waals surface area contributed by atoms with Crippen molar-refractivity contribution in [2.75, 3.05) is 4.67 Å². The highest BCUT2D eigenvalue weighted by molar-refractivity contribution is 7.49. The Morgan fingerprint density at radius 2 is 1.03 bits per heavy atom. The third-order valence-electron chi connectivity index (χ3n) is 11.3. The van der Waals surface area contributed by atoms with Gasteiger partial charge in [0.05, 0.1) is 23.6 Å². The molecule has 5 fully saturated rings. The van der Waals surface area contributed by atoms with Crippen LogP contribution < -0.4 is 4.67 Å². The first-order valence-electron chi connectivity index (χ1n) is 15.6. The second-order valence-electron chi connectivity index (χ2n) is 13.0. The number of para-hydroxylation sites is 2. The van der Waals surface area contributed by atoms with Crippen LogP contribution in [0, 0.1) is 35.5 Å². The maximum absolute atomic E-state index is 7.39. The fourth-order valence-corrected chi connectivity index (χ4v) is 11.6. The quantitative estimate of drug-likeness (QED) is 0.345. The van der Waals surface area contributed by atoms with Gasteiger partial charge in [0.15, 0.2) is 0 Å². The Morgan fingerprint density at radius 1 is 0.553 bits per heavy atom. The van der Waals surface area contributed by atoms with E-state index in [4.69, 9.17) is 9.05 Å². The summed E-state index contributed by atoms with van der Waals surface area (Å²) in [6.07, 6.45) is 21.9. The van der Waals surface area contributed by atoms with E-state index in [-0.39, 0.29) is 0 Å². The SMILES string of the molecule is C1=Cc2ccccc2N(P2OC3CCC4CCCCC4C3C3C(CCC4CCCCC43)O2)c2ccccc21. The van der Waals surface area contributed by atoms with Crippen molar-refractivity contribution >= 4 is 32.1 Å². The Hall–Kier alpha value is -1.67. The molecular weight excluding hydrogens is 485 g/mol. The lowest BCUT2D eigenvalue weighted by Crippen LogP contribution is -2.51. The van der Waals surface area contributed by atoms with Crippen LogP contribution in [0.2, 0.25) is 0 Å². The molecule has 6 aliphatic rings. The second-order valence-corrected chi connectivity index (χ2v) is 14.3. The number of fused-ring (bicyclic) bond motifs is 9. The molecule has 38 heavy (non-hydrogen) atoms. The fourth-order valence-electron chi connectivity index (χ4n) is 9.69. The van der Waals surface area contributed by atoms with Crippen LogP contribution in [0.4, 0.5) is 11.4 Å². The number of rotatable bonds is 1. The summed E-state index contributed by atoms with van der Waals surface area (Å²) >= 11 is 0. The molecule has 2 aromatic rings. The van der Waals surface area contributed by atoms with Gasteiger partial charge in [0.2, 0.25) is 0 Å². The number of hydrogen-bond donors (Lipinski definition) is 0. The molecule has 4 heteroatoms. The Kier molecular flexibility index (Phi) is 6.40. The molecule has 0 bridgehead atoms. The Bertz CT molecular complexity index is 1110. The summed E-state index contributed by atoms with van der Waals surface area (Å²) < 4.78 is 17.2. The molecule has 2 aromatic carbocycles. The van der Waals surface area contributed by atoms with Crippen LogP contribution in [0.1, 0.15) is 88.2 Å². The largest absolute Gasteiger partial charge is 0.314 e. The van der Waals surface area contributed by atoms with Crippen LogP contribution in [0.15, 0.2) is 48.5 Å². The molecule has 3 nitrogen and oxygen atoms in total. The third kappa shape index (κ3) is 4.03. The van der Waals surface area contributed by atoms with Crippen molar-refractivity contribution < 1.29 is 9.05 Å². The Morgan fingerprint density at radius 3 is 1.55 bits per heavy atom. The predicted octanol–water partition coefficient (Wildman–Crippen LogP) is 9.75. The highest BCUT2D eigenvalue weighted by atomic mass is 31.2. The fraction of sp³-hybridized carbons (Fsp3) is 0.588. The van der Waals surface area contributed by atoms with Crippen LogP contribution in [-0.2, 0) is 9.05 Å². The second kappa shape index (κ2) is 10.1. The van der Waals surface area contributed by atoms with Gasteiger partial charge in [-0.1, -0.05) is 87.1 Å². The molecule has 2 heterocycles. The lowest BCUT2D eigenvalue weighted by Gasteiger charge is -2.53. The van der Waals surface area contributed by atoms with Crippen molar-refractivity contribution in [1.82, 2.24) is 0 Å². The van der Waals surface area contributed by atoms with Crippen molar-refractivity contribution in [2.24, 2.45) is 35.5 Å². The minimum absolute atomic E-state index is 0.340. The van der Waals surface area contributed by atoms with Gasteiger partial charge in [0.25, 0.3) is 8.53 Å². The molecule has 200 valence electrons. The van der Waals surface area contributed by atoms with E-state index in [1.54, 1.807) is 0 Å². The van der Waals surface area contributed by atoms with Crippen LogP contribution in [0.3, 0.4) is 0 Å². The van der Waals surface area contributed by atoms with E-state index in [1.807, 2.05) is 0 Å². The minimum atomic E-state index is -1.25. The van der Waals surface area contributed by atoms with Crippen molar-refractivity contribution in [3.8, 4) is 0 Å². The zero-order valence-electron chi connectivity index (χ0n) is 22.6. The molecule has 4 saturated carbocycles. The van der Waals surface area contributed by atoms with Crippen molar-refractivity contribution in [2.45, 2.75) is 89.3 Å². The van der Waals surface area contributed by atoms with E-state index in [1.165, 1.54) is 99.6 Å². The highest BCUT2D eigenvalue weighted by Crippen LogP contribution is 2.65. The summed E-state index contributed by atoms with van der Waals surface area (Å²) in [6, 6.07) is 17.7. The van der Waals surface area contributed by atoms with Crippen LogP contribution in [-0.4, -0.2) is 12.2 Å². The summed E-state index contributed by atoms with van der Waals surface area (Å²) in [5.74, 6) is 4.91. The molecule has 2 aliphatic heterocycles. The first kappa shape index (κ1) is 24.2. The number of hydrogen-bond acceptors (Lipinski definition) is 3. The molecule has 0 aromatic heterocycles. The molecule has 0 radical (unpaired) electrons. The summed E-state index contributed by atoms with van der Waals surface area (Å²) in [7, 11) is -1.25. The molecule has 8 rings (SSSR count). The molecule has 8 unspecified atom stereocenters. The maximum atomic E-state index is 7.39. The van der Waals surface area contributed by atoms with Crippen molar-refractivity contribution in [1.29, 1.82) is 0 Å². The molecular formula is C34H42NO2P. The van der Waals surface area contributed by atoms with E-state index < -0.39 is 8.53 Å². The average Bonchev–Trinajstić information content (AvgIpc) is 3.25. The molecule has 0 amide bonds. The van der Waals surface area contributed by atoms with Crippen molar-refractivity contribution in [3.05, 3.63) is 59.7 Å². The van der Waals surface area contributed by atoms with E-state index >= 15 is 0 Å². The Labute approximate surface area is 230 Å². The van der Waals surface area contributed by atoms with E-state index in [9.17, 15) is 0 Å². The summed E-state index contributed by atoms with van der Waals surface area (Å²) in [5, 5.41) is 0. The van der Waals surface area contributed by atoms with E-state index in [2.05, 4.69) is 65.4 Å². The normalized spacial score (nSPS) is 39.8. The smallest absolute Gasteiger partial charge is 0.295 e. The molecule has 4 aliphatic carbocycles. The number of nitrogens with zero attached hydrogens (tertiary/aromatic N) is 1. The zero-order valence-corrected chi connectivity index (χ0v) is 23.5. The van der Waals surface area contributed by atoms with Gasteiger partial charge in [-0.25, -0.2) is 0 Å². The number of benzene rings is 2. The molecule has 1 saturated heterocycles. The minimum Gasteiger partial charge on any atom is -0.314 e. The summed E-state index contributed by atoms with van der Waals surface area (Å²) in [4.78, 5) is 0. The average molecular weight is 528 g/mol. The van der Waals surface area contributed by atoms with Crippen LogP contribution >= 0.6 is 8.53 Å². The molecule has 8 atom stereocenters. The van der Waals surface area contributed by atoms with Crippen LogP contribution in [0.5, 0.6) is 0 Å². The van der Waals surface area contributed by atoms with Gasteiger partial charge in [-0.15, -0.1) is 0 Å². The summed E-state index contributed by atoms with van der Waals surface area (Å²) in [5.41, 5.74) is 4.96. The summed E-state index contributed by atoms with van der Waals surface area (Å²) in [6.45, 7) is 0. The zero-order chi connectivity index (χ0) is 25.1. The van der Waals surface area contributed by atoms with Crippen LogP contribution in [0.25, 0.3) is 12.2 Å². The topological polar surface area (TPSA) is 21.7 Å². The first-order valence-corrected chi connectivity index (χ1v) is 16.8. The van der Waals surface area contributed by atoms with Gasteiger partial charge >= 0.3 is 0 Å².